The van der Waals surface area contributed by atoms with Crippen molar-refractivity contribution in [2.45, 2.75) is 40.7 Å². The number of nitrogens with zero attached hydrogens (tertiary/aromatic N) is 2. The maximum absolute atomic E-state index is 13.4. The van der Waals surface area contributed by atoms with Crippen molar-refractivity contribution in [3.63, 3.8) is 0 Å². The Bertz CT molecular complexity index is 1190. The zero-order valence-electron chi connectivity index (χ0n) is 23.5. The number of rotatable bonds is 12. The zero-order valence-corrected chi connectivity index (χ0v) is 23.5. The van der Waals surface area contributed by atoms with Crippen LogP contribution in [0.2, 0.25) is 0 Å². The smallest absolute Gasteiger partial charge is 0.295 e. The number of ketones is 1. The van der Waals surface area contributed by atoms with Crippen LogP contribution in [0.4, 0.5) is 0 Å². The molecule has 0 spiro atoms. The average molecular weight is 525 g/mol. The molecule has 0 aromatic heterocycles. The first-order valence-corrected chi connectivity index (χ1v) is 13.1. The molecule has 0 saturated carbocycles. The van der Waals surface area contributed by atoms with E-state index < -0.39 is 17.7 Å². The first-order chi connectivity index (χ1) is 18.2. The van der Waals surface area contributed by atoms with Crippen LogP contribution in [0.3, 0.4) is 0 Å². The molecule has 1 fully saturated rings. The fourth-order valence-corrected chi connectivity index (χ4v) is 4.64. The minimum absolute atomic E-state index is 0.0528. The van der Waals surface area contributed by atoms with Gasteiger partial charge in [-0.2, -0.15) is 0 Å². The quantitative estimate of drug-likeness (QED) is 0.242. The molecule has 1 N–H and O–H groups in total. The Balaban J connectivity index is 2.11. The zero-order chi connectivity index (χ0) is 28.0. The predicted molar refractivity (Wildman–Crippen MR) is 148 cm³/mol. The molecule has 0 radical (unpaired) electrons. The number of Topliss-reactive ketones (excluding diaryl/α,β-unsaturated/α-hetero) is 1. The molecule has 8 nitrogen and oxygen atoms in total. The van der Waals surface area contributed by atoms with Crippen LogP contribution in [0, 0.1) is 12.8 Å². The molecule has 1 amide bonds. The molecule has 1 saturated heterocycles. The van der Waals surface area contributed by atoms with Crippen LogP contribution < -0.4 is 14.2 Å². The fraction of sp³-hybridized carbons (Fsp3) is 0.467. The number of carbonyl (C=O) groups excluding carboxylic acids is 2. The highest BCUT2D eigenvalue weighted by Crippen LogP contribution is 2.42. The highest BCUT2D eigenvalue weighted by molar-refractivity contribution is 6.46. The third-order valence-electron chi connectivity index (χ3n) is 6.84. The lowest BCUT2D eigenvalue weighted by atomic mass is 9.94. The second-order valence-corrected chi connectivity index (χ2v) is 9.82. The van der Waals surface area contributed by atoms with E-state index >= 15 is 0 Å². The van der Waals surface area contributed by atoms with Crippen molar-refractivity contribution in [3.8, 4) is 17.2 Å². The van der Waals surface area contributed by atoms with Gasteiger partial charge in [0, 0.05) is 18.7 Å². The van der Waals surface area contributed by atoms with Gasteiger partial charge >= 0.3 is 0 Å². The van der Waals surface area contributed by atoms with Crippen molar-refractivity contribution in [3.05, 3.63) is 58.7 Å². The summed E-state index contributed by atoms with van der Waals surface area (Å²) in [4.78, 5) is 30.4. The lowest BCUT2D eigenvalue weighted by Crippen LogP contribution is -2.38. The molecule has 8 heteroatoms. The molecule has 0 aliphatic carbocycles. The largest absolute Gasteiger partial charge is 0.507 e. The third kappa shape index (κ3) is 6.13. The summed E-state index contributed by atoms with van der Waals surface area (Å²) < 4.78 is 16.7. The van der Waals surface area contributed by atoms with Crippen LogP contribution in [0.25, 0.3) is 5.76 Å². The molecule has 2 aromatic rings. The van der Waals surface area contributed by atoms with Gasteiger partial charge in [0.25, 0.3) is 11.7 Å². The van der Waals surface area contributed by atoms with Gasteiger partial charge in [-0.25, -0.2) is 0 Å². The predicted octanol–water partition coefficient (Wildman–Crippen LogP) is 4.81. The van der Waals surface area contributed by atoms with E-state index in [4.69, 9.17) is 14.2 Å². The molecule has 1 aliphatic heterocycles. The molecule has 0 bridgehead atoms. The number of hydrogen-bond acceptors (Lipinski definition) is 7. The van der Waals surface area contributed by atoms with Gasteiger partial charge in [-0.15, -0.1) is 0 Å². The van der Waals surface area contributed by atoms with E-state index in [1.807, 2.05) is 6.92 Å². The maximum Gasteiger partial charge on any atom is 0.295 e. The number of benzene rings is 2. The molecule has 1 atom stereocenters. The number of methoxy groups -OCH3 is 2. The first kappa shape index (κ1) is 29.0. The highest BCUT2D eigenvalue weighted by Gasteiger charge is 2.46. The second-order valence-electron chi connectivity index (χ2n) is 9.82. The minimum atomic E-state index is -0.775. The van der Waals surface area contributed by atoms with E-state index in [1.165, 1.54) is 7.11 Å². The monoisotopic (exact) mass is 524 g/mol. The Morgan fingerprint density at radius 2 is 1.66 bits per heavy atom. The van der Waals surface area contributed by atoms with E-state index in [1.54, 1.807) is 48.4 Å². The average Bonchev–Trinajstić information content (AvgIpc) is 3.16. The van der Waals surface area contributed by atoms with Gasteiger partial charge in [-0.05, 0) is 67.4 Å². The molecular weight excluding hydrogens is 484 g/mol. The van der Waals surface area contributed by atoms with Crippen molar-refractivity contribution >= 4 is 17.4 Å². The van der Waals surface area contributed by atoms with Crippen molar-refractivity contribution in [1.29, 1.82) is 0 Å². The van der Waals surface area contributed by atoms with E-state index in [0.717, 1.165) is 18.7 Å². The summed E-state index contributed by atoms with van der Waals surface area (Å²) in [5.41, 5.74) is 1.98. The summed E-state index contributed by atoms with van der Waals surface area (Å²) in [5, 5.41) is 11.5. The van der Waals surface area contributed by atoms with Gasteiger partial charge < -0.3 is 29.1 Å². The minimum Gasteiger partial charge on any atom is -0.507 e. The molecule has 2 aromatic carbocycles. The van der Waals surface area contributed by atoms with Crippen molar-refractivity contribution < 1.29 is 28.9 Å². The van der Waals surface area contributed by atoms with E-state index in [0.29, 0.717) is 54.0 Å². The van der Waals surface area contributed by atoms with E-state index in [9.17, 15) is 14.7 Å². The Kier molecular flexibility index (Phi) is 9.80. The molecule has 1 aliphatic rings. The van der Waals surface area contributed by atoms with E-state index in [2.05, 4.69) is 32.6 Å². The third-order valence-corrected chi connectivity index (χ3v) is 6.84. The Morgan fingerprint density at radius 1 is 1.00 bits per heavy atom. The molecule has 1 heterocycles. The number of hydrogen-bond donors (Lipinski definition) is 1. The van der Waals surface area contributed by atoms with Crippen LogP contribution in [-0.4, -0.2) is 73.6 Å². The number of ether oxygens (including phenoxy) is 3. The summed E-state index contributed by atoms with van der Waals surface area (Å²) >= 11 is 0. The number of aliphatic hydroxyl groups excluding tert-OH is 1. The lowest BCUT2D eigenvalue weighted by molar-refractivity contribution is -0.140. The van der Waals surface area contributed by atoms with Crippen LogP contribution >= 0.6 is 0 Å². The number of aryl methyl sites for hydroxylation is 1. The van der Waals surface area contributed by atoms with Crippen molar-refractivity contribution in [1.82, 2.24) is 9.80 Å². The second kappa shape index (κ2) is 12.8. The van der Waals surface area contributed by atoms with Gasteiger partial charge in [-0.1, -0.05) is 33.8 Å². The SMILES string of the molecule is CCN(CC)CCN1C(=O)C(=O)C(=C(O)c2ccc(OCC(C)C)c(C)c2)[C@@H]1c1ccc(OC)c(OC)c1. The van der Waals surface area contributed by atoms with Crippen LogP contribution in [0.15, 0.2) is 42.0 Å². The Hall–Kier alpha value is -3.52. The summed E-state index contributed by atoms with van der Waals surface area (Å²) in [5.74, 6) is 0.534. The van der Waals surface area contributed by atoms with E-state index in [-0.39, 0.29) is 11.3 Å². The van der Waals surface area contributed by atoms with Crippen LogP contribution in [-0.2, 0) is 9.59 Å². The van der Waals surface area contributed by atoms with Crippen LogP contribution in [0.1, 0.15) is 50.4 Å². The lowest BCUT2D eigenvalue weighted by Gasteiger charge is -2.28. The van der Waals surface area contributed by atoms with Gasteiger partial charge in [0.15, 0.2) is 11.5 Å². The summed E-state index contributed by atoms with van der Waals surface area (Å²) in [6.45, 7) is 13.3. The molecule has 206 valence electrons. The number of amides is 1. The maximum atomic E-state index is 13.4. The molecule has 3 rings (SSSR count). The Morgan fingerprint density at radius 3 is 2.24 bits per heavy atom. The topological polar surface area (TPSA) is 88.5 Å². The normalized spacial score (nSPS) is 17.0. The standard InChI is InChI=1S/C30H40N2O6/c1-8-31(9-2)14-15-32-27(21-10-13-24(36-6)25(17-21)37-7)26(29(34)30(32)35)28(33)22-11-12-23(20(5)16-22)38-18-19(3)4/h10-13,16-17,19,27,33H,8-9,14-15,18H2,1-7H3/t27-/m0/s1. The van der Waals surface area contributed by atoms with Gasteiger partial charge in [0.2, 0.25) is 0 Å². The highest BCUT2D eigenvalue weighted by atomic mass is 16.5. The Labute approximate surface area is 225 Å². The van der Waals surface area contributed by atoms with Crippen molar-refractivity contribution in [2.24, 2.45) is 5.92 Å². The molecule has 0 unspecified atom stereocenters. The number of likely N-dealkylation sites (N-methyl/N-ethyl adjacent to an activating group) is 1. The molecular formula is C30H40N2O6. The fourth-order valence-electron chi connectivity index (χ4n) is 4.64. The van der Waals surface area contributed by atoms with Gasteiger partial charge in [0.1, 0.15) is 11.5 Å². The van der Waals surface area contributed by atoms with Crippen LogP contribution in [0.5, 0.6) is 17.2 Å². The number of aliphatic hydroxyl groups is 1. The summed E-state index contributed by atoms with van der Waals surface area (Å²) in [7, 11) is 3.08. The van der Waals surface area contributed by atoms with Gasteiger partial charge in [0.05, 0.1) is 32.4 Å². The first-order valence-electron chi connectivity index (χ1n) is 13.1. The van der Waals surface area contributed by atoms with Gasteiger partial charge in [-0.3, -0.25) is 9.59 Å². The summed E-state index contributed by atoms with van der Waals surface area (Å²) in [6.07, 6.45) is 0. The number of carbonyl (C=O) groups is 2. The number of likely N-dealkylation sites (tertiary alicyclic amines) is 1. The summed E-state index contributed by atoms with van der Waals surface area (Å²) in [6, 6.07) is 9.79. The molecule has 38 heavy (non-hydrogen) atoms. The van der Waals surface area contributed by atoms with Crippen molar-refractivity contribution in [2.75, 3.05) is 47.0 Å².